The van der Waals surface area contributed by atoms with Gasteiger partial charge in [0.15, 0.2) is 6.87 Å². The number of aldehydes is 1. The van der Waals surface area contributed by atoms with Gasteiger partial charge in [-0.15, -0.1) is 0 Å². The maximum Gasteiger partial charge on any atom is 0.158 e. The fourth-order valence-corrected chi connectivity index (χ4v) is 98.7. The lowest BCUT2D eigenvalue weighted by molar-refractivity contribution is -0.108. The number of allylic oxidation sites excluding steroid dienone is 3. The molecule has 0 saturated heterocycles. The lowest BCUT2D eigenvalue weighted by Crippen LogP contribution is -2.84. The molecule has 6 heteroatoms. The minimum absolute atomic E-state index is 0.0551. The van der Waals surface area contributed by atoms with E-state index in [0.717, 1.165) is 6.29 Å². The Morgan fingerprint density at radius 1 is 0.826 bits per heavy atom. The predicted octanol–water partition coefficient (Wildman–Crippen LogP) is 5.29. The third-order valence-electron chi connectivity index (χ3n) is 4.45. The number of hydrogen-bond acceptors (Lipinski definition) is 2. The van der Waals surface area contributed by atoms with E-state index in [1.165, 1.54) is 0 Å². The molecule has 0 saturated carbocycles. The number of carbonyl (C=O) groups excluding carboxylic acids is 1. The van der Waals surface area contributed by atoms with Gasteiger partial charge in [-0.25, -0.2) is 0 Å². The average Bonchev–Trinajstić information content (AvgIpc) is 2.31. The van der Waals surface area contributed by atoms with Gasteiger partial charge in [0, 0.05) is 6.42 Å². The second-order valence-electron chi connectivity index (χ2n) is 9.40. The Bertz CT molecular complexity index is 401. The molecule has 0 aromatic heterocycles. The van der Waals surface area contributed by atoms with Crippen LogP contribution in [0, 0.1) is 0 Å². The summed E-state index contributed by atoms with van der Waals surface area (Å²) in [5.41, 5.74) is 0. The van der Waals surface area contributed by atoms with E-state index < -0.39 is 29.6 Å². The highest BCUT2D eigenvalue weighted by molar-refractivity contribution is 7.87. The summed E-state index contributed by atoms with van der Waals surface area (Å²) in [6.45, 7) is 22.7. The van der Waals surface area contributed by atoms with E-state index in [-0.39, 0.29) is 6.10 Å². The van der Waals surface area contributed by atoms with Gasteiger partial charge in [0.25, 0.3) is 0 Å². The van der Waals surface area contributed by atoms with Crippen molar-refractivity contribution in [3.63, 3.8) is 0 Å². The lowest BCUT2D eigenvalue weighted by Gasteiger charge is -2.57. The van der Waals surface area contributed by atoms with Crippen molar-refractivity contribution in [2.75, 3.05) is 0 Å². The van der Waals surface area contributed by atoms with Gasteiger partial charge in [0.05, 0.1) is 28.9 Å². The van der Waals surface area contributed by atoms with Gasteiger partial charge in [-0.05, 0) is 6.92 Å². The molecule has 0 radical (unpaired) electrons. The molecule has 0 heterocycles. The monoisotopic (exact) mass is 386 g/mol. The van der Waals surface area contributed by atoms with Crippen LogP contribution < -0.4 is 0 Å². The molecule has 1 atom stereocenters. The maximum atomic E-state index is 11.2. The molecular formula is C17H38O2Si4. The Labute approximate surface area is 147 Å². The first-order valence-corrected chi connectivity index (χ1v) is 24.1. The number of carbonyl (C=O) groups is 1. The molecule has 23 heavy (non-hydrogen) atoms. The SMILES string of the molecule is C/C=C/C=C/C(CC=O)O[Si]([Si](C)(C)C)([Si](C)(C)C)[Si](C)(C)C. The Balaban J connectivity index is 6.09. The molecule has 0 fully saturated rings. The predicted molar refractivity (Wildman–Crippen MR) is 115 cm³/mol. The second kappa shape index (κ2) is 8.38. The largest absolute Gasteiger partial charge is 0.419 e. The van der Waals surface area contributed by atoms with Crippen LogP contribution in [0.5, 0.6) is 0 Å². The summed E-state index contributed by atoms with van der Waals surface area (Å²) in [4.78, 5) is 11.2. The van der Waals surface area contributed by atoms with Crippen molar-refractivity contribution in [2.24, 2.45) is 0 Å². The Kier molecular flexibility index (Phi) is 8.37. The van der Waals surface area contributed by atoms with Crippen LogP contribution in [0.4, 0.5) is 0 Å². The molecule has 1 unspecified atom stereocenters. The summed E-state index contributed by atoms with van der Waals surface area (Å²) in [5.74, 6) is 0. The van der Waals surface area contributed by atoms with Crippen LogP contribution in [0.1, 0.15) is 13.3 Å². The fraction of sp³-hybridized carbons (Fsp3) is 0.706. The molecule has 134 valence electrons. The van der Waals surface area contributed by atoms with Crippen LogP contribution in [0.25, 0.3) is 0 Å². The Morgan fingerprint density at radius 2 is 1.26 bits per heavy atom. The third-order valence-corrected chi connectivity index (χ3v) is 72.0. The van der Waals surface area contributed by atoms with Gasteiger partial charge in [0.2, 0.25) is 0 Å². The molecule has 0 aromatic rings. The first-order valence-electron chi connectivity index (χ1n) is 8.65. The molecular weight excluding hydrogens is 349 g/mol. The zero-order valence-electron chi connectivity index (χ0n) is 17.0. The molecule has 0 aliphatic carbocycles. The van der Waals surface area contributed by atoms with E-state index in [9.17, 15) is 4.79 Å². The van der Waals surface area contributed by atoms with E-state index in [1.54, 1.807) is 0 Å². The third kappa shape index (κ3) is 5.49. The smallest absolute Gasteiger partial charge is 0.158 e. The van der Waals surface area contributed by atoms with Crippen LogP contribution in [0.3, 0.4) is 0 Å². The van der Waals surface area contributed by atoms with Gasteiger partial charge in [-0.2, -0.15) is 0 Å². The van der Waals surface area contributed by atoms with Crippen LogP contribution in [0.2, 0.25) is 58.9 Å². The van der Waals surface area contributed by atoms with Gasteiger partial charge < -0.3 is 9.22 Å². The average molecular weight is 387 g/mol. The van der Waals surface area contributed by atoms with E-state index >= 15 is 0 Å². The van der Waals surface area contributed by atoms with E-state index in [1.807, 2.05) is 25.2 Å². The van der Waals surface area contributed by atoms with E-state index in [0.29, 0.717) is 6.42 Å². The van der Waals surface area contributed by atoms with Crippen molar-refractivity contribution in [1.29, 1.82) is 0 Å². The topological polar surface area (TPSA) is 26.3 Å². The van der Waals surface area contributed by atoms with Crippen molar-refractivity contribution in [3.05, 3.63) is 24.3 Å². The van der Waals surface area contributed by atoms with Crippen LogP contribution in [0.15, 0.2) is 24.3 Å². The summed E-state index contributed by atoms with van der Waals surface area (Å²) in [7, 11) is -4.42. The van der Waals surface area contributed by atoms with E-state index in [4.69, 9.17) is 4.43 Å². The fourth-order valence-electron chi connectivity index (χ4n) is 4.69. The summed E-state index contributed by atoms with van der Waals surface area (Å²) in [6.07, 6.45) is 9.59. The van der Waals surface area contributed by atoms with E-state index in [2.05, 4.69) is 65.0 Å². The standard InChI is InChI=1S/C17H38O2Si4/c1-11-12-13-14-17(15-16-18)19-23(20(2,3)4,21(5,6)7)22(8,9)10/h11-14,16-17H,15H2,1-10H3/b12-11+,14-13+. The maximum absolute atomic E-state index is 11.2. The molecule has 0 amide bonds. The van der Waals surface area contributed by atoms with Crippen molar-refractivity contribution in [2.45, 2.75) is 78.4 Å². The van der Waals surface area contributed by atoms with Crippen LogP contribution >= 0.6 is 0 Å². The zero-order chi connectivity index (χ0) is 18.5. The molecule has 0 aliphatic heterocycles. The molecule has 0 spiro atoms. The minimum Gasteiger partial charge on any atom is -0.419 e. The first kappa shape index (κ1) is 23.0. The van der Waals surface area contributed by atoms with Gasteiger partial charge in [0.1, 0.15) is 6.29 Å². The molecule has 0 aromatic carbocycles. The van der Waals surface area contributed by atoms with Gasteiger partial charge in [-0.3, -0.25) is 0 Å². The second-order valence-corrected chi connectivity index (χ2v) is 48.8. The van der Waals surface area contributed by atoms with Crippen molar-refractivity contribution in [1.82, 2.24) is 0 Å². The Morgan fingerprint density at radius 3 is 1.57 bits per heavy atom. The molecule has 0 N–H and O–H groups in total. The highest BCUT2D eigenvalue weighted by Gasteiger charge is 2.64. The van der Waals surface area contributed by atoms with Crippen LogP contribution in [-0.4, -0.2) is 42.0 Å². The molecule has 0 aliphatic rings. The van der Waals surface area contributed by atoms with Crippen molar-refractivity contribution >= 4 is 35.9 Å². The highest BCUT2D eigenvalue weighted by atomic mass is 29.9. The van der Waals surface area contributed by atoms with Crippen molar-refractivity contribution < 1.29 is 9.22 Å². The van der Waals surface area contributed by atoms with Crippen molar-refractivity contribution in [3.8, 4) is 0 Å². The minimum atomic E-state index is -1.88. The molecule has 0 bridgehead atoms. The highest BCUT2D eigenvalue weighted by Crippen LogP contribution is 2.39. The number of rotatable bonds is 9. The summed E-state index contributed by atoms with van der Waals surface area (Å²) in [5, 5.41) is 0. The first-order chi connectivity index (χ1) is 10.2. The van der Waals surface area contributed by atoms with Crippen LogP contribution in [-0.2, 0) is 9.22 Å². The van der Waals surface area contributed by atoms with Gasteiger partial charge >= 0.3 is 0 Å². The lowest BCUT2D eigenvalue weighted by atomic mass is 10.2. The zero-order valence-corrected chi connectivity index (χ0v) is 21.0. The number of hydrogen-bond donors (Lipinski definition) is 0. The molecule has 0 rings (SSSR count). The normalized spacial score (nSPS) is 16.3. The molecule has 2 nitrogen and oxygen atoms in total. The Hall–Kier alpha value is -0.0225. The van der Waals surface area contributed by atoms with Gasteiger partial charge in [-0.1, -0.05) is 83.2 Å². The quantitative estimate of drug-likeness (QED) is 0.306. The summed E-state index contributed by atoms with van der Waals surface area (Å²) in [6, 6.07) is 0. The summed E-state index contributed by atoms with van der Waals surface area (Å²) < 4.78 is 7.09. The summed E-state index contributed by atoms with van der Waals surface area (Å²) >= 11 is 0.